The molecule has 10 heteroatoms. The number of carboxylic acid groups (broad SMARTS) is 1. The third kappa shape index (κ3) is 4.61. The molecule has 1 saturated heterocycles. The van der Waals surface area contributed by atoms with E-state index in [1.54, 1.807) is 12.1 Å². The van der Waals surface area contributed by atoms with E-state index in [2.05, 4.69) is 0 Å². The minimum atomic E-state index is -4.46. The van der Waals surface area contributed by atoms with E-state index in [4.69, 9.17) is 16.6 Å². The molecule has 1 aromatic carbocycles. The largest absolute Gasteiger partial charge is 0.481 e. The first-order valence-electron chi connectivity index (χ1n) is 9.91. The van der Waals surface area contributed by atoms with Gasteiger partial charge in [0, 0.05) is 17.7 Å². The maximum Gasteiger partial charge on any atom is 0.416 e. The topological polar surface area (TPSA) is 70.8 Å². The van der Waals surface area contributed by atoms with Crippen molar-refractivity contribution in [2.45, 2.75) is 37.9 Å². The summed E-state index contributed by atoms with van der Waals surface area (Å²) in [5, 5.41) is 9.31. The van der Waals surface area contributed by atoms with Crippen LogP contribution < -0.4 is 0 Å². The molecule has 1 N–H and O–H groups in total. The van der Waals surface area contributed by atoms with E-state index in [1.165, 1.54) is 23.1 Å². The molecule has 1 aromatic heterocycles. The standard InChI is InChI=1S/C22H18F3NO4S2/c23-22(24,25)14-5-1-3-12(9-14)17-8-7-16(30-17)11-18-19(27)26(21(31)32-18)15-6-2-4-13(10-15)20(28)29/h1,3,5,7-9,11,13,15H,2,4,6,10H2,(H,28,29). The van der Waals surface area contributed by atoms with Gasteiger partial charge in [0.25, 0.3) is 5.91 Å². The molecule has 168 valence electrons. The fourth-order valence-electron chi connectivity index (χ4n) is 3.98. The number of alkyl halides is 3. The van der Waals surface area contributed by atoms with Gasteiger partial charge in [-0.05, 0) is 43.5 Å². The summed E-state index contributed by atoms with van der Waals surface area (Å²) in [6.07, 6.45) is -0.622. The molecule has 0 bridgehead atoms. The van der Waals surface area contributed by atoms with Crippen LogP contribution in [0.15, 0.2) is 45.7 Å². The number of carbonyl (C=O) groups excluding carboxylic acids is 1. The summed E-state index contributed by atoms with van der Waals surface area (Å²) in [4.78, 5) is 26.1. The second-order valence-corrected chi connectivity index (χ2v) is 9.36. The maximum atomic E-state index is 13.0. The van der Waals surface area contributed by atoms with Gasteiger partial charge in [-0.1, -0.05) is 42.5 Å². The van der Waals surface area contributed by atoms with Crippen molar-refractivity contribution in [2.24, 2.45) is 5.92 Å². The number of benzene rings is 1. The van der Waals surface area contributed by atoms with Gasteiger partial charge in [0.15, 0.2) is 0 Å². The van der Waals surface area contributed by atoms with Crippen molar-refractivity contribution in [3.8, 4) is 11.3 Å². The number of aliphatic carboxylic acids is 1. The number of halogens is 3. The zero-order valence-electron chi connectivity index (χ0n) is 16.6. The average Bonchev–Trinajstić information content (AvgIpc) is 3.32. The molecule has 0 spiro atoms. The minimum Gasteiger partial charge on any atom is -0.481 e. The van der Waals surface area contributed by atoms with Gasteiger partial charge in [-0.3, -0.25) is 14.5 Å². The van der Waals surface area contributed by atoms with Gasteiger partial charge in [-0.25, -0.2) is 0 Å². The number of thioether (sulfide) groups is 1. The highest BCUT2D eigenvalue weighted by Gasteiger charge is 2.40. The van der Waals surface area contributed by atoms with Crippen molar-refractivity contribution in [2.75, 3.05) is 0 Å². The van der Waals surface area contributed by atoms with Gasteiger partial charge < -0.3 is 9.52 Å². The number of carboxylic acids is 1. The Morgan fingerprint density at radius 3 is 2.75 bits per heavy atom. The van der Waals surface area contributed by atoms with E-state index < -0.39 is 23.6 Å². The summed E-state index contributed by atoms with van der Waals surface area (Å²) < 4.78 is 44.9. The van der Waals surface area contributed by atoms with E-state index in [0.29, 0.717) is 40.7 Å². The Morgan fingerprint density at radius 1 is 1.25 bits per heavy atom. The summed E-state index contributed by atoms with van der Waals surface area (Å²) >= 11 is 6.47. The third-order valence-corrected chi connectivity index (χ3v) is 6.89. The van der Waals surface area contributed by atoms with E-state index >= 15 is 0 Å². The normalized spacial score (nSPS) is 23.2. The number of hydrogen-bond donors (Lipinski definition) is 1. The lowest BCUT2D eigenvalue weighted by atomic mass is 9.85. The van der Waals surface area contributed by atoms with Crippen LogP contribution in [-0.4, -0.2) is 32.2 Å². The van der Waals surface area contributed by atoms with Gasteiger partial charge in [0.05, 0.1) is 16.4 Å². The zero-order chi connectivity index (χ0) is 23.0. The molecule has 2 atom stereocenters. The van der Waals surface area contributed by atoms with Crippen LogP contribution in [0.1, 0.15) is 37.0 Å². The second kappa shape index (κ2) is 8.74. The van der Waals surface area contributed by atoms with Gasteiger partial charge in [0.2, 0.25) is 0 Å². The molecule has 2 unspecified atom stereocenters. The van der Waals surface area contributed by atoms with Crippen molar-refractivity contribution in [3.63, 3.8) is 0 Å². The average molecular weight is 482 g/mol. The summed E-state index contributed by atoms with van der Waals surface area (Å²) in [6.45, 7) is 0. The number of amides is 1. The van der Waals surface area contributed by atoms with E-state index in [0.717, 1.165) is 23.9 Å². The lowest BCUT2D eigenvalue weighted by molar-refractivity contribution is -0.144. The summed E-state index contributed by atoms with van der Waals surface area (Å²) in [7, 11) is 0. The van der Waals surface area contributed by atoms with E-state index in [1.807, 2.05) is 0 Å². The van der Waals surface area contributed by atoms with Crippen molar-refractivity contribution in [1.29, 1.82) is 0 Å². The first-order chi connectivity index (χ1) is 15.1. The highest BCUT2D eigenvalue weighted by atomic mass is 32.2. The Kier molecular flexibility index (Phi) is 6.17. The highest BCUT2D eigenvalue weighted by molar-refractivity contribution is 8.26. The van der Waals surface area contributed by atoms with Crippen LogP contribution in [0.5, 0.6) is 0 Å². The van der Waals surface area contributed by atoms with Crippen LogP contribution in [0.4, 0.5) is 13.2 Å². The number of hydrogen-bond acceptors (Lipinski definition) is 5. The van der Waals surface area contributed by atoms with Crippen molar-refractivity contribution < 1.29 is 32.3 Å². The molecule has 1 saturated carbocycles. The first kappa shape index (κ1) is 22.6. The molecule has 32 heavy (non-hydrogen) atoms. The van der Waals surface area contributed by atoms with Gasteiger partial charge in [-0.15, -0.1) is 0 Å². The molecule has 1 aliphatic heterocycles. The number of rotatable bonds is 4. The molecule has 1 amide bonds. The molecular weight excluding hydrogens is 463 g/mol. The molecular formula is C22H18F3NO4S2. The molecule has 4 rings (SSSR count). The van der Waals surface area contributed by atoms with E-state index in [-0.39, 0.29) is 23.3 Å². The monoisotopic (exact) mass is 481 g/mol. The Morgan fingerprint density at radius 2 is 2.03 bits per heavy atom. The summed E-state index contributed by atoms with van der Waals surface area (Å²) in [5.41, 5.74) is -0.505. The number of furan rings is 1. The van der Waals surface area contributed by atoms with Crippen LogP contribution in [0.3, 0.4) is 0 Å². The van der Waals surface area contributed by atoms with E-state index in [9.17, 15) is 27.9 Å². The highest BCUT2D eigenvalue weighted by Crippen LogP contribution is 2.39. The minimum absolute atomic E-state index is 0.245. The Hall–Kier alpha value is -2.59. The van der Waals surface area contributed by atoms with Gasteiger partial charge in [0.1, 0.15) is 15.8 Å². The molecule has 2 aliphatic rings. The molecule has 0 radical (unpaired) electrons. The fraction of sp³-hybridized carbons (Fsp3) is 0.318. The molecule has 1 aliphatic carbocycles. The van der Waals surface area contributed by atoms with Crippen molar-refractivity contribution in [1.82, 2.24) is 4.90 Å². The third-order valence-electron chi connectivity index (χ3n) is 5.56. The Balaban J connectivity index is 1.53. The Labute approximate surface area is 191 Å². The van der Waals surface area contributed by atoms with Crippen LogP contribution >= 0.6 is 24.0 Å². The van der Waals surface area contributed by atoms with Crippen molar-refractivity contribution in [3.05, 3.63) is 52.6 Å². The molecule has 2 fully saturated rings. The van der Waals surface area contributed by atoms with Gasteiger partial charge >= 0.3 is 12.1 Å². The smallest absolute Gasteiger partial charge is 0.416 e. The Bertz CT molecular complexity index is 1110. The quantitative estimate of drug-likeness (QED) is 0.439. The predicted octanol–water partition coefficient (Wildman–Crippen LogP) is 5.81. The summed E-state index contributed by atoms with van der Waals surface area (Å²) in [5.74, 6) is -1.12. The lowest BCUT2D eigenvalue weighted by Gasteiger charge is -2.32. The number of nitrogens with zero attached hydrogens (tertiary/aromatic N) is 1. The molecule has 5 nitrogen and oxygen atoms in total. The molecule has 2 aromatic rings. The van der Waals surface area contributed by atoms with Crippen LogP contribution in [0, 0.1) is 5.92 Å². The fourth-order valence-corrected chi connectivity index (χ4v) is 5.36. The molecule has 2 heterocycles. The van der Waals surface area contributed by atoms with Crippen LogP contribution in [0.2, 0.25) is 0 Å². The summed E-state index contributed by atoms with van der Waals surface area (Å²) in [6, 6.07) is 7.66. The van der Waals surface area contributed by atoms with Crippen LogP contribution in [-0.2, 0) is 15.8 Å². The number of carbonyl (C=O) groups is 2. The van der Waals surface area contributed by atoms with Gasteiger partial charge in [-0.2, -0.15) is 13.2 Å². The zero-order valence-corrected chi connectivity index (χ0v) is 18.2. The first-order valence-corrected chi connectivity index (χ1v) is 11.1. The van der Waals surface area contributed by atoms with Crippen LogP contribution in [0.25, 0.3) is 17.4 Å². The lowest BCUT2D eigenvalue weighted by Crippen LogP contribution is -2.42. The van der Waals surface area contributed by atoms with Crippen molar-refractivity contribution >= 4 is 46.3 Å². The predicted molar refractivity (Wildman–Crippen MR) is 118 cm³/mol. The number of thiocarbonyl (C=S) groups is 1. The maximum absolute atomic E-state index is 13.0. The second-order valence-electron chi connectivity index (χ2n) is 7.69. The SMILES string of the molecule is O=C(O)C1CCCC(N2C(=O)C(=Cc3ccc(-c4cccc(C(F)(F)F)c4)o3)SC2=S)C1.